The number of anilines is 1. The number of halogens is 1. The lowest BCUT2D eigenvalue weighted by Crippen LogP contribution is -2.35. The Kier molecular flexibility index (Phi) is 9.73. The molecule has 0 radical (unpaired) electrons. The molecule has 2 amide bonds. The van der Waals surface area contributed by atoms with E-state index in [0.717, 1.165) is 44.6 Å². The molecule has 2 heterocycles. The van der Waals surface area contributed by atoms with Gasteiger partial charge in [-0.05, 0) is 98.9 Å². The van der Waals surface area contributed by atoms with Crippen LogP contribution in [0.3, 0.4) is 0 Å². The maximum absolute atomic E-state index is 12.8. The fourth-order valence-electron chi connectivity index (χ4n) is 4.51. The number of hydrogen-bond acceptors (Lipinski definition) is 5. The lowest BCUT2D eigenvalue weighted by molar-refractivity contribution is -0.118. The van der Waals surface area contributed by atoms with Gasteiger partial charge in [0.2, 0.25) is 11.8 Å². The van der Waals surface area contributed by atoms with Gasteiger partial charge in [-0.25, -0.2) is 4.98 Å². The number of hydrogen-bond donors (Lipinski definition) is 2. The predicted molar refractivity (Wildman–Crippen MR) is 151 cm³/mol. The summed E-state index contributed by atoms with van der Waals surface area (Å²) in [4.78, 5) is 31.5. The van der Waals surface area contributed by atoms with Crippen LogP contribution < -0.4 is 15.4 Å². The number of carbonyl (C=O) groups excluding carboxylic acids is 2. The number of nitrogens with one attached hydrogen (secondary N) is 2. The summed E-state index contributed by atoms with van der Waals surface area (Å²) in [6.07, 6.45) is 4.62. The summed E-state index contributed by atoms with van der Waals surface area (Å²) in [5, 5.41) is 6.61. The van der Waals surface area contributed by atoms with Crippen LogP contribution in [0.5, 0.6) is 11.6 Å². The van der Waals surface area contributed by atoms with Crippen LogP contribution in [0.4, 0.5) is 5.69 Å². The van der Waals surface area contributed by atoms with Gasteiger partial charge in [0.05, 0.1) is 0 Å². The summed E-state index contributed by atoms with van der Waals surface area (Å²) in [6.45, 7) is 7.33. The van der Waals surface area contributed by atoms with Crippen LogP contribution in [-0.4, -0.2) is 47.9 Å². The Morgan fingerprint density at radius 3 is 2.58 bits per heavy atom. The number of aromatic nitrogens is 1. The quantitative estimate of drug-likeness (QED) is 0.306. The smallest absolute Gasteiger partial charge is 0.256 e. The van der Waals surface area contributed by atoms with Gasteiger partial charge >= 0.3 is 0 Å². The minimum atomic E-state index is -0.204. The van der Waals surface area contributed by atoms with Crippen molar-refractivity contribution in [2.75, 3.05) is 31.5 Å². The van der Waals surface area contributed by atoms with E-state index in [1.807, 2.05) is 26.0 Å². The Bertz CT molecular complexity index is 1220. The number of pyridine rings is 1. The molecule has 1 aromatic heterocycles. The van der Waals surface area contributed by atoms with E-state index in [1.54, 1.807) is 42.6 Å². The molecule has 8 heteroatoms. The van der Waals surface area contributed by atoms with Crippen molar-refractivity contribution in [3.05, 3.63) is 83.0 Å². The molecule has 200 valence electrons. The van der Waals surface area contributed by atoms with Crippen LogP contribution in [0.15, 0.2) is 66.9 Å². The van der Waals surface area contributed by atoms with E-state index in [2.05, 4.69) is 32.7 Å². The Morgan fingerprint density at radius 2 is 1.84 bits per heavy atom. The molecule has 0 saturated carbocycles. The maximum atomic E-state index is 12.8. The highest BCUT2D eigenvalue weighted by Gasteiger charge is 2.21. The number of nitrogens with zero attached hydrogens (tertiary/aromatic N) is 2. The summed E-state index contributed by atoms with van der Waals surface area (Å²) in [6, 6.07) is 18.6. The fourth-order valence-corrected chi connectivity index (χ4v) is 4.63. The number of ether oxygens (including phenoxy) is 1. The van der Waals surface area contributed by atoms with Gasteiger partial charge in [0, 0.05) is 29.4 Å². The minimum absolute atomic E-state index is 0.0397. The zero-order valence-corrected chi connectivity index (χ0v) is 22.7. The third kappa shape index (κ3) is 7.79. The molecule has 1 aliphatic heterocycles. The minimum Gasteiger partial charge on any atom is -0.438 e. The molecular formula is C30H35ClN4O3. The summed E-state index contributed by atoms with van der Waals surface area (Å²) in [5.74, 6) is 1.12. The molecule has 0 spiro atoms. The van der Waals surface area contributed by atoms with E-state index in [4.69, 9.17) is 16.3 Å². The first-order valence-electron chi connectivity index (χ1n) is 13.2. The van der Waals surface area contributed by atoms with Crippen molar-refractivity contribution in [2.45, 2.75) is 39.0 Å². The SMILES string of the molecule is CC(C)C(=O)Nc1cccc(C2CCN(CCCNC(=O)c3cccnc3Oc3ccc(Cl)cc3)CC2)c1. The second kappa shape index (κ2) is 13.4. The van der Waals surface area contributed by atoms with Crippen LogP contribution in [-0.2, 0) is 4.79 Å². The molecule has 38 heavy (non-hydrogen) atoms. The lowest BCUT2D eigenvalue weighted by Gasteiger charge is -2.32. The molecule has 1 aliphatic rings. The Balaban J connectivity index is 1.20. The van der Waals surface area contributed by atoms with Crippen LogP contribution in [0.2, 0.25) is 5.02 Å². The van der Waals surface area contributed by atoms with Crippen molar-refractivity contribution in [3.63, 3.8) is 0 Å². The highest BCUT2D eigenvalue weighted by atomic mass is 35.5. The molecule has 4 rings (SSSR count). The standard InChI is InChI=1S/C30H35ClN4O3/c1-21(2)28(36)34-25-7-3-6-23(20-25)22-13-18-35(19-14-22)17-5-16-32-29(37)27-8-4-15-33-30(27)38-26-11-9-24(31)10-12-26/h3-4,6-12,15,20-22H,5,13-14,16-19H2,1-2H3,(H,32,37)(H,34,36). The number of benzene rings is 2. The molecule has 0 aliphatic carbocycles. The van der Waals surface area contributed by atoms with Crippen molar-refractivity contribution in [2.24, 2.45) is 5.92 Å². The number of amides is 2. The van der Waals surface area contributed by atoms with E-state index in [9.17, 15) is 9.59 Å². The van der Waals surface area contributed by atoms with Gasteiger partial charge in [-0.3, -0.25) is 9.59 Å². The highest BCUT2D eigenvalue weighted by Crippen LogP contribution is 2.30. The zero-order chi connectivity index (χ0) is 26.9. The largest absolute Gasteiger partial charge is 0.438 e. The molecule has 0 atom stereocenters. The number of piperidine rings is 1. The van der Waals surface area contributed by atoms with Gasteiger partial charge in [0.15, 0.2) is 0 Å². The van der Waals surface area contributed by atoms with Crippen LogP contribution in [0, 0.1) is 5.92 Å². The van der Waals surface area contributed by atoms with Gasteiger partial charge in [0.25, 0.3) is 5.91 Å². The van der Waals surface area contributed by atoms with Gasteiger partial charge in [-0.1, -0.05) is 37.6 Å². The summed E-state index contributed by atoms with van der Waals surface area (Å²) >= 11 is 5.94. The fraction of sp³-hybridized carbons (Fsp3) is 0.367. The Hall–Kier alpha value is -3.42. The molecule has 0 unspecified atom stereocenters. The first kappa shape index (κ1) is 27.6. The molecule has 1 fully saturated rings. The maximum Gasteiger partial charge on any atom is 0.256 e. The third-order valence-corrected chi connectivity index (χ3v) is 6.97. The molecule has 0 bridgehead atoms. The van der Waals surface area contributed by atoms with E-state index >= 15 is 0 Å². The number of likely N-dealkylation sites (tertiary alicyclic amines) is 1. The van der Waals surface area contributed by atoms with Crippen molar-refractivity contribution in [3.8, 4) is 11.6 Å². The predicted octanol–water partition coefficient (Wildman–Crippen LogP) is 6.12. The monoisotopic (exact) mass is 534 g/mol. The molecular weight excluding hydrogens is 500 g/mol. The van der Waals surface area contributed by atoms with Gasteiger partial charge in [-0.2, -0.15) is 0 Å². The van der Waals surface area contributed by atoms with Crippen LogP contribution >= 0.6 is 11.6 Å². The topological polar surface area (TPSA) is 83.6 Å². The zero-order valence-electron chi connectivity index (χ0n) is 22.0. The van der Waals surface area contributed by atoms with Gasteiger partial charge in [0.1, 0.15) is 11.3 Å². The first-order valence-corrected chi connectivity index (χ1v) is 13.6. The number of carbonyl (C=O) groups is 2. The normalized spacial score (nSPS) is 14.3. The first-order chi connectivity index (χ1) is 18.4. The van der Waals surface area contributed by atoms with Crippen LogP contribution in [0.25, 0.3) is 0 Å². The number of rotatable bonds is 10. The van der Waals surface area contributed by atoms with Crippen molar-refractivity contribution in [1.82, 2.24) is 15.2 Å². The van der Waals surface area contributed by atoms with Crippen LogP contribution in [0.1, 0.15) is 54.9 Å². The molecule has 7 nitrogen and oxygen atoms in total. The second-order valence-corrected chi connectivity index (χ2v) is 10.3. The second-order valence-electron chi connectivity index (χ2n) is 9.91. The van der Waals surface area contributed by atoms with E-state index in [-0.39, 0.29) is 23.6 Å². The summed E-state index contributed by atoms with van der Waals surface area (Å²) in [7, 11) is 0. The van der Waals surface area contributed by atoms with E-state index < -0.39 is 0 Å². The Morgan fingerprint density at radius 1 is 1.08 bits per heavy atom. The third-order valence-electron chi connectivity index (χ3n) is 6.72. The lowest BCUT2D eigenvalue weighted by atomic mass is 9.89. The van der Waals surface area contributed by atoms with Crippen molar-refractivity contribution in [1.29, 1.82) is 0 Å². The van der Waals surface area contributed by atoms with E-state index in [0.29, 0.717) is 28.8 Å². The molecule has 3 aromatic rings. The molecule has 1 saturated heterocycles. The average molecular weight is 535 g/mol. The van der Waals surface area contributed by atoms with E-state index in [1.165, 1.54) is 5.56 Å². The average Bonchev–Trinajstić information content (AvgIpc) is 2.93. The summed E-state index contributed by atoms with van der Waals surface area (Å²) in [5.41, 5.74) is 2.55. The van der Waals surface area contributed by atoms with Crippen molar-refractivity contribution < 1.29 is 14.3 Å². The molecule has 2 aromatic carbocycles. The van der Waals surface area contributed by atoms with Gasteiger partial charge < -0.3 is 20.3 Å². The van der Waals surface area contributed by atoms with Crippen molar-refractivity contribution >= 4 is 29.1 Å². The Labute approximate surface area is 229 Å². The van der Waals surface area contributed by atoms with Gasteiger partial charge in [-0.15, -0.1) is 0 Å². The molecule has 2 N–H and O–H groups in total. The summed E-state index contributed by atoms with van der Waals surface area (Å²) < 4.78 is 5.81. The highest BCUT2D eigenvalue weighted by molar-refractivity contribution is 6.30.